The molecule has 1 amide bonds. The maximum atomic E-state index is 11.5. The molecular weight excluding hydrogens is 296 g/mol. The zero-order valence-corrected chi connectivity index (χ0v) is 13.8. The van der Waals surface area contributed by atoms with Crippen LogP contribution in [0.1, 0.15) is 41.8 Å². The van der Waals surface area contributed by atoms with Crippen molar-refractivity contribution in [2.45, 2.75) is 44.2 Å². The summed E-state index contributed by atoms with van der Waals surface area (Å²) < 4.78 is 5.63. The van der Waals surface area contributed by atoms with E-state index < -0.39 is 11.9 Å². The Hall–Kier alpha value is -1.92. The van der Waals surface area contributed by atoms with E-state index in [1.54, 1.807) is 13.2 Å². The van der Waals surface area contributed by atoms with Crippen LogP contribution in [0.2, 0.25) is 0 Å². The molecule has 1 aromatic rings. The minimum atomic E-state index is -0.837. The van der Waals surface area contributed by atoms with Crippen molar-refractivity contribution >= 4 is 11.9 Å². The van der Waals surface area contributed by atoms with Gasteiger partial charge in [-0.05, 0) is 23.3 Å². The first-order valence-electron chi connectivity index (χ1n) is 7.68. The quantitative estimate of drug-likeness (QED) is 0.727. The van der Waals surface area contributed by atoms with Crippen LogP contribution in [-0.2, 0) is 21.4 Å². The van der Waals surface area contributed by atoms with Gasteiger partial charge in [-0.25, -0.2) is 0 Å². The zero-order chi connectivity index (χ0) is 17.2. The molecule has 0 fully saturated rings. The maximum absolute atomic E-state index is 11.5. The molecule has 0 saturated carbocycles. The molecule has 0 saturated heterocycles. The highest BCUT2D eigenvalue weighted by Crippen LogP contribution is 2.38. The van der Waals surface area contributed by atoms with Crippen LogP contribution in [0.25, 0.3) is 0 Å². The molecule has 0 spiro atoms. The van der Waals surface area contributed by atoms with Crippen LogP contribution in [0.4, 0.5) is 0 Å². The number of carbonyl (C=O) groups excluding carboxylic acids is 1. The molecule has 23 heavy (non-hydrogen) atoms. The number of amides is 1. The molecule has 6 heteroatoms. The summed E-state index contributed by atoms with van der Waals surface area (Å²) in [7, 11) is 1.66. The highest BCUT2D eigenvalue weighted by molar-refractivity contribution is 5.93. The fourth-order valence-electron chi connectivity index (χ4n) is 3.42. The summed E-state index contributed by atoms with van der Waals surface area (Å²) in [5.74, 6) is -1.29. The van der Waals surface area contributed by atoms with Crippen LogP contribution in [0.3, 0.4) is 0 Å². The number of hydrogen-bond donors (Lipinski definition) is 3. The van der Waals surface area contributed by atoms with Gasteiger partial charge in [-0.3, -0.25) is 9.59 Å². The summed E-state index contributed by atoms with van der Waals surface area (Å²) in [5.41, 5.74) is 7.73. The van der Waals surface area contributed by atoms with Crippen molar-refractivity contribution in [1.82, 2.24) is 5.32 Å². The lowest BCUT2D eigenvalue weighted by atomic mass is 9.67. The van der Waals surface area contributed by atoms with Gasteiger partial charge in [0.25, 0.3) is 0 Å². The number of benzene rings is 1. The molecule has 0 radical (unpaired) electrons. The van der Waals surface area contributed by atoms with Gasteiger partial charge >= 0.3 is 5.97 Å². The molecule has 6 nitrogen and oxygen atoms in total. The van der Waals surface area contributed by atoms with Gasteiger partial charge in [-0.15, -0.1) is 0 Å². The minimum absolute atomic E-state index is 0.0528. The third-order valence-electron chi connectivity index (χ3n) is 4.66. The van der Waals surface area contributed by atoms with Crippen molar-refractivity contribution in [1.29, 1.82) is 0 Å². The summed E-state index contributed by atoms with van der Waals surface area (Å²) in [6, 6.07) is 5.45. The summed E-state index contributed by atoms with van der Waals surface area (Å²) >= 11 is 0. The Morgan fingerprint density at radius 3 is 2.70 bits per heavy atom. The van der Waals surface area contributed by atoms with Crippen LogP contribution in [0, 0.1) is 0 Å². The number of primary amides is 1. The van der Waals surface area contributed by atoms with Crippen molar-refractivity contribution in [2.75, 3.05) is 13.7 Å². The molecule has 1 aliphatic carbocycles. The Morgan fingerprint density at radius 2 is 2.13 bits per heavy atom. The highest BCUT2D eigenvalue weighted by atomic mass is 16.5. The van der Waals surface area contributed by atoms with Gasteiger partial charge < -0.3 is 20.9 Å². The van der Waals surface area contributed by atoms with Crippen LogP contribution in [0.5, 0.6) is 0 Å². The lowest BCUT2D eigenvalue weighted by Crippen LogP contribution is -2.57. The van der Waals surface area contributed by atoms with Gasteiger partial charge in [0, 0.05) is 37.1 Å². The average molecular weight is 320 g/mol. The lowest BCUT2D eigenvalue weighted by molar-refractivity contribution is -0.137. The number of carboxylic acids is 1. The average Bonchev–Trinajstić information content (AvgIpc) is 2.48. The largest absolute Gasteiger partial charge is 0.481 e. The number of carboxylic acid groups (broad SMARTS) is 1. The molecule has 1 aromatic carbocycles. The fraction of sp³-hybridized carbons (Fsp3) is 0.529. The molecule has 2 unspecified atom stereocenters. The van der Waals surface area contributed by atoms with Gasteiger partial charge in [0.1, 0.15) is 0 Å². The smallest absolute Gasteiger partial charge is 0.304 e. The SMILES string of the molecule is COC1Cc2ccc(C(N)=O)cc2C(C)(C)C1NCCC(=O)O. The van der Waals surface area contributed by atoms with Gasteiger partial charge in [0.05, 0.1) is 12.5 Å². The van der Waals surface area contributed by atoms with E-state index in [1.807, 2.05) is 12.1 Å². The van der Waals surface area contributed by atoms with Crippen LogP contribution >= 0.6 is 0 Å². The normalized spacial score (nSPS) is 22.4. The summed E-state index contributed by atoms with van der Waals surface area (Å²) in [4.78, 5) is 22.2. The number of ether oxygens (including phenoxy) is 1. The second kappa shape index (κ2) is 6.68. The van der Waals surface area contributed by atoms with Crippen molar-refractivity contribution < 1.29 is 19.4 Å². The van der Waals surface area contributed by atoms with E-state index in [0.29, 0.717) is 18.5 Å². The van der Waals surface area contributed by atoms with E-state index >= 15 is 0 Å². The molecule has 0 aromatic heterocycles. The van der Waals surface area contributed by atoms with Crippen LogP contribution < -0.4 is 11.1 Å². The molecule has 126 valence electrons. The molecule has 0 heterocycles. The number of aliphatic carboxylic acids is 1. The zero-order valence-electron chi connectivity index (χ0n) is 13.8. The molecule has 4 N–H and O–H groups in total. The third kappa shape index (κ3) is 3.54. The number of fused-ring (bicyclic) bond motifs is 1. The van der Waals surface area contributed by atoms with Gasteiger partial charge in [-0.2, -0.15) is 0 Å². The standard InChI is InChI=1S/C17H24N2O4/c1-17(2)12-8-11(16(18)22)5-4-10(12)9-13(23-3)15(17)19-7-6-14(20)21/h4-5,8,13,15,19H,6-7,9H2,1-3H3,(H2,18,22)(H,20,21). The van der Waals surface area contributed by atoms with Gasteiger partial charge in [0.15, 0.2) is 0 Å². The van der Waals surface area contributed by atoms with Gasteiger partial charge in [0.2, 0.25) is 5.91 Å². The van der Waals surface area contributed by atoms with Crippen molar-refractivity contribution in [3.63, 3.8) is 0 Å². The van der Waals surface area contributed by atoms with Crippen LogP contribution in [-0.4, -0.2) is 42.8 Å². The molecule has 2 atom stereocenters. The van der Waals surface area contributed by atoms with E-state index in [2.05, 4.69) is 19.2 Å². The van der Waals surface area contributed by atoms with E-state index in [4.69, 9.17) is 15.6 Å². The number of hydrogen-bond acceptors (Lipinski definition) is 4. The Kier molecular flexibility index (Phi) is 5.06. The van der Waals surface area contributed by atoms with Crippen molar-refractivity contribution in [2.24, 2.45) is 5.73 Å². The number of carbonyl (C=O) groups is 2. The predicted molar refractivity (Wildman–Crippen MR) is 86.5 cm³/mol. The first kappa shape index (κ1) is 17.4. The monoisotopic (exact) mass is 320 g/mol. The van der Waals surface area contributed by atoms with Crippen molar-refractivity contribution in [3.05, 3.63) is 34.9 Å². The lowest BCUT2D eigenvalue weighted by Gasteiger charge is -2.45. The van der Waals surface area contributed by atoms with E-state index in [-0.39, 0.29) is 24.0 Å². The molecule has 2 rings (SSSR count). The van der Waals surface area contributed by atoms with Crippen LogP contribution in [0.15, 0.2) is 18.2 Å². The second-order valence-corrected chi connectivity index (χ2v) is 6.51. The molecule has 0 aliphatic heterocycles. The third-order valence-corrected chi connectivity index (χ3v) is 4.66. The predicted octanol–water partition coefficient (Wildman–Crippen LogP) is 1.07. The number of nitrogens with two attached hydrogens (primary N) is 1. The van der Waals surface area contributed by atoms with E-state index in [1.165, 1.54) is 0 Å². The molecular formula is C17H24N2O4. The summed E-state index contributed by atoms with van der Waals surface area (Å²) in [5, 5.41) is 12.1. The van der Waals surface area contributed by atoms with E-state index in [0.717, 1.165) is 11.1 Å². The number of rotatable bonds is 6. The highest BCUT2D eigenvalue weighted by Gasteiger charge is 2.42. The minimum Gasteiger partial charge on any atom is -0.481 e. The Balaban J connectivity index is 2.34. The van der Waals surface area contributed by atoms with Crippen molar-refractivity contribution in [3.8, 4) is 0 Å². The number of methoxy groups -OCH3 is 1. The Morgan fingerprint density at radius 1 is 1.43 bits per heavy atom. The summed E-state index contributed by atoms with van der Waals surface area (Å²) in [6.07, 6.45) is 0.696. The summed E-state index contributed by atoms with van der Waals surface area (Å²) in [6.45, 7) is 4.51. The Bertz CT molecular complexity index is 613. The first-order chi connectivity index (χ1) is 10.8. The number of nitrogens with one attached hydrogen (secondary N) is 1. The second-order valence-electron chi connectivity index (χ2n) is 6.51. The molecule has 0 bridgehead atoms. The van der Waals surface area contributed by atoms with Gasteiger partial charge in [-0.1, -0.05) is 19.9 Å². The van der Waals surface area contributed by atoms with E-state index in [9.17, 15) is 9.59 Å². The topological polar surface area (TPSA) is 102 Å². The maximum Gasteiger partial charge on any atom is 0.304 e. The fourth-order valence-corrected chi connectivity index (χ4v) is 3.42. The molecule has 1 aliphatic rings. The Labute approximate surface area is 136 Å². The first-order valence-corrected chi connectivity index (χ1v) is 7.68.